The summed E-state index contributed by atoms with van der Waals surface area (Å²) in [5.41, 5.74) is 1.23. The zero-order valence-corrected chi connectivity index (χ0v) is 15.5. The van der Waals surface area contributed by atoms with Crippen molar-refractivity contribution in [2.75, 3.05) is 5.32 Å². The molecule has 9 heteroatoms. The Balaban J connectivity index is 1.69. The summed E-state index contributed by atoms with van der Waals surface area (Å²) in [5.74, 6) is 0.645. The van der Waals surface area contributed by atoms with Crippen LogP contribution in [0.4, 0.5) is 5.82 Å². The van der Waals surface area contributed by atoms with E-state index in [1.807, 2.05) is 6.92 Å². The first-order valence-electron chi connectivity index (χ1n) is 8.73. The lowest BCUT2D eigenvalue weighted by Gasteiger charge is -2.23. The molecule has 4 rings (SSSR count). The Labute approximate surface area is 155 Å². The van der Waals surface area contributed by atoms with Crippen LogP contribution in [0.25, 0.3) is 11.2 Å². The van der Waals surface area contributed by atoms with Crippen LogP contribution in [-0.2, 0) is 0 Å². The second-order valence-electron chi connectivity index (χ2n) is 6.86. The number of nitrogens with one attached hydrogen (secondary N) is 1. The zero-order chi connectivity index (χ0) is 17.6. The van der Waals surface area contributed by atoms with E-state index in [1.165, 1.54) is 31.0 Å². The van der Waals surface area contributed by atoms with Crippen molar-refractivity contribution in [2.45, 2.75) is 67.9 Å². The Kier molecular flexibility index (Phi) is 4.79. The molecular formula is C16H22ClN5O2S. The number of nitrogens with zero attached hydrogens (tertiary/aromatic N) is 4. The molecule has 2 aromatic rings. The summed E-state index contributed by atoms with van der Waals surface area (Å²) in [4.78, 5) is 13.1. The number of rotatable bonds is 3. The Morgan fingerprint density at radius 1 is 1.20 bits per heavy atom. The minimum absolute atomic E-state index is 0.0606. The zero-order valence-electron chi connectivity index (χ0n) is 14.0. The summed E-state index contributed by atoms with van der Waals surface area (Å²) in [6, 6.07) is 0.376. The predicted molar refractivity (Wildman–Crippen MR) is 98.9 cm³/mol. The fourth-order valence-electron chi connectivity index (χ4n) is 3.67. The highest BCUT2D eigenvalue weighted by Crippen LogP contribution is 2.43. The molecular weight excluding hydrogens is 362 g/mol. The van der Waals surface area contributed by atoms with Crippen molar-refractivity contribution < 1.29 is 10.2 Å². The van der Waals surface area contributed by atoms with Gasteiger partial charge in [-0.3, -0.25) is 4.57 Å². The molecule has 2 aliphatic rings. The van der Waals surface area contributed by atoms with E-state index in [9.17, 15) is 10.2 Å². The number of hydrogen-bond donors (Lipinski definition) is 3. The predicted octanol–water partition coefficient (Wildman–Crippen LogP) is 2.58. The van der Waals surface area contributed by atoms with Crippen LogP contribution in [-0.4, -0.2) is 53.2 Å². The summed E-state index contributed by atoms with van der Waals surface area (Å²) in [6.07, 6.45) is 5.95. The van der Waals surface area contributed by atoms with Crippen LogP contribution in [0.2, 0.25) is 5.28 Å². The SMILES string of the molecule is C[C@H]1S[C@H](n2cnc3c(NC4CCCCC4)nc(Cl)nc32)[C@H](O)[C@@H]1O. The third kappa shape index (κ3) is 3.20. The van der Waals surface area contributed by atoms with E-state index >= 15 is 0 Å². The quantitative estimate of drug-likeness (QED) is 0.701. The normalized spacial score (nSPS) is 30.9. The molecule has 0 bridgehead atoms. The molecule has 2 aromatic heterocycles. The molecule has 1 saturated carbocycles. The van der Waals surface area contributed by atoms with Crippen LogP contribution in [0.15, 0.2) is 6.33 Å². The van der Waals surface area contributed by atoms with Gasteiger partial charge in [-0.2, -0.15) is 9.97 Å². The largest absolute Gasteiger partial charge is 0.389 e. The average Bonchev–Trinajstić information content (AvgIpc) is 3.12. The maximum absolute atomic E-state index is 10.3. The van der Waals surface area contributed by atoms with E-state index in [-0.39, 0.29) is 15.9 Å². The number of aliphatic hydroxyl groups excluding tert-OH is 2. The number of fused-ring (bicyclic) bond motifs is 1. The van der Waals surface area contributed by atoms with Gasteiger partial charge in [-0.1, -0.05) is 26.2 Å². The van der Waals surface area contributed by atoms with Crippen molar-refractivity contribution in [1.29, 1.82) is 0 Å². The van der Waals surface area contributed by atoms with Gasteiger partial charge >= 0.3 is 0 Å². The fourth-order valence-corrected chi connectivity index (χ4v) is 5.21. The standard InChI is InChI=1S/C16H22ClN5O2S/c1-8-11(23)12(24)15(25-8)22-7-18-10-13(20-16(17)21-14(10)22)19-9-5-3-2-4-6-9/h7-9,11-12,15,23-24H,2-6H2,1H3,(H,19,20,21)/t8-,11-,12-,15+/m1/s1. The van der Waals surface area contributed by atoms with Crippen LogP contribution >= 0.6 is 23.4 Å². The maximum atomic E-state index is 10.3. The van der Waals surface area contributed by atoms with Crippen molar-refractivity contribution >= 4 is 40.3 Å². The first-order valence-corrected chi connectivity index (χ1v) is 10.0. The molecule has 2 fully saturated rings. The molecule has 1 saturated heterocycles. The second kappa shape index (κ2) is 6.90. The van der Waals surface area contributed by atoms with Crippen LogP contribution in [0.1, 0.15) is 44.4 Å². The molecule has 1 aliphatic heterocycles. The number of hydrogen-bond acceptors (Lipinski definition) is 7. The number of halogens is 1. The highest BCUT2D eigenvalue weighted by Gasteiger charge is 2.41. The Morgan fingerprint density at radius 2 is 1.96 bits per heavy atom. The molecule has 0 aromatic carbocycles. The van der Waals surface area contributed by atoms with Crippen molar-refractivity contribution in [1.82, 2.24) is 19.5 Å². The first kappa shape index (κ1) is 17.3. The molecule has 3 heterocycles. The summed E-state index contributed by atoms with van der Waals surface area (Å²) in [5, 5.41) is 23.6. The smallest absolute Gasteiger partial charge is 0.226 e. The second-order valence-corrected chi connectivity index (χ2v) is 8.69. The van der Waals surface area contributed by atoms with Crippen LogP contribution in [0.3, 0.4) is 0 Å². The summed E-state index contributed by atoms with van der Waals surface area (Å²) >= 11 is 7.65. The molecule has 0 radical (unpaired) electrons. The summed E-state index contributed by atoms with van der Waals surface area (Å²) in [6.45, 7) is 1.90. The average molecular weight is 384 g/mol. The number of imidazole rings is 1. The Bertz CT molecular complexity index is 766. The molecule has 136 valence electrons. The van der Waals surface area contributed by atoms with Gasteiger partial charge in [-0.25, -0.2) is 4.98 Å². The van der Waals surface area contributed by atoms with Gasteiger partial charge in [0, 0.05) is 11.3 Å². The van der Waals surface area contributed by atoms with Crippen LogP contribution in [0.5, 0.6) is 0 Å². The van der Waals surface area contributed by atoms with E-state index in [2.05, 4.69) is 20.3 Å². The summed E-state index contributed by atoms with van der Waals surface area (Å²) in [7, 11) is 0. The molecule has 1 aliphatic carbocycles. The number of aromatic nitrogens is 4. The summed E-state index contributed by atoms with van der Waals surface area (Å²) < 4.78 is 1.79. The van der Waals surface area contributed by atoms with Gasteiger partial charge < -0.3 is 15.5 Å². The molecule has 4 atom stereocenters. The van der Waals surface area contributed by atoms with E-state index < -0.39 is 12.2 Å². The number of aliphatic hydroxyl groups is 2. The van der Waals surface area contributed by atoms with Crippen LogP contribution < -0.4 is 5.32 Å². The van der Waals surface area contributed by atoms with Gasteiger partial charge in [0.2, 0.25) is 5.28 Å². The minimum atomic E-state index is -0.874. The fraction of sp³-hybridized carbons (Fsp3) is 0.688. The van der Waals surface area contributed by atoms with Gasteiger partial charge in [-0.05, 0) is 24.4 Å². The monoisotopic (exact) mass is 383 g/mol. The van der Waals surface area contributed by atoms with Crippen molar-refractivity contribution in [3.63, 3.8) is 0 Å². The minimum Gasteiger partial charge on any atom is -0.389 e. The van der Waals surface area contributed by atoms with E-state index in [0.29, 0.717) is 23.0 Å². The molecule has 7 nitrogen and oxygen atoms in total. The lowest BCUT2D eigenvalue weighted by Crippen LogP contribution is -2.30. The van der Waals surface area contributed by atoms with E-state index in [1.54, 1.807) is 10.9 Å². The van der Waals surface area contributed by atoms with Gasteiger partial charge in [-0.15, -0.1) is 11.8 Å². The highest BCUT2D eigenvalue weighted by atomic mass is 35.5. The van der Waals surface area contributed by atoms with Gasteiger partial charge in [0.15, 0.2) is 17.0 Å². The lowest BCUT2D eigenvalue weighted by molar-refractivity contribution is 0.0206. The Hall–Kier alpha value is -1.09. The van der Waals surface area contributed by atoms with Crippen molar-refractivity contribution in [3.8, 4) is 0 Å². The van der Waals surface area contributed by atoms with Crippen molar-refractivity contribution in [2.24, 2.45) is 0 Å². The lowest BCUT2D eigenvalue weighted by atomic mass is 9.95. The van der Waals surface area contributed by atoms with E-state index in [0.717, 1.165) is 12.8 Å². The first-order chi connectivity index (χ1) is 12.0. The van der Waals surface area contributed by atoms with E-state index in [4.69, 9.17) is 11.6 Å². The molecule has 0 spiro atoms. The van der Waals surface area contributed by atoms with Gasteiger partial charge in [0.1, 0.15) is 11.5 Å². The van der Waals surface area contributed by atoms with Gasteiger partial charge in [0.05, 0.1) is 12.4 Å². The van der Waals surface area contributed by atoms with Gasteiger partial charge in [0.25, 0.3) is 0 Å². The maximum Gasteiger partial charge on any atom is 0.226 e. The third-order valence-corrected chi connectivity index (χ3v) is 6.75. The topological polar surface area (TPSA) is 96.1 Å². The Morgan fingerprint density at radius 3 is 2.64 bits per heavy atom. The molecule has 25 heavy (non-hydrogen) atoms. The third-order valence-electron chi connectivity index (χ3n) is 5.09. The van der Waals surface area contributed by atoms with Crippen LogP contribution in [0, 0.1) is 0 Å². The molecule has 3 N–H and O–H groups in total. The molecule has 0 amide bonds. The number of anilines is 1. The molecule has 0 unspecified atom stereocenters. The highest BCUT2D eigenvalue weighted by molar-refractivity contribution is 8.00. The van der Waals surface area contributed by atoms with Crippen molar-refractivity contribution in [3.05, 3.63) is 11.6 Å². The number of thioether (sulfide) groups is 1.